The van der Waals surface area contributed by atoms with Crippen LogP contribution in [0, 0.1) is 5.92 Å². The molecule has 1 rings (SSSR count). The first-order valence-electron chi connectivity index (χ1n) is 7.07. The van der Waals surface area contributed by atoms with E-state index in [9.17, 15) is 23.1 Å². The van der Waals surface area contributed by atoms with Crippen LogP contribution in [0.4, 0.5) is 4.79 Å². The number of hydrogen-bond donors (Lipinski definition) is 2. The minimum atomic E-state index is -3.27. The van der Waals surface area contributed by atoms with E-state index in [0.29, 0.717) is 12.8 Å². The van der Waals surface area contributed by atoms with Crippen molar-refractivity contribution in [3.63, 3.8) is 0 Å². The van der Waals surface area contributed by atoms with Gasteiger partial charge in [0.25, 0.3) is 0 Å². The molecule has 0 aliphatic carbocycles. The van der Waals surface area contributed by atoms with Crippen molar-refractivity contribution in [1.29, 1.82) is 0 Å². The summed E-state index contributed by atoms with van der Waals surface area (Å²) in [4.78, 5) is 23.1. The zero-order valence-electron chi connectivity index (χ0n) is 13.3. The molecule has 8 nitrogen and oxygen atoms in total. The van der Waals surface area contributed by atoms with Gasteiger partial charge in [0.05, 0.1) is 6.26 Å². The molecule has 1 amide bonds. The van der Waals surface area contributed by atoms with Crippen molar-refractivity contribution in [1.82, 2.24) is 9.62 Å². The van der Waals surface area contributed by atoms with Gasteiger partial charge in [0.1, 0.15) is 11.6 Å². The predicted octanol–water partition coefficient (Wildman–Crippen LogP) is 0.636. The summed E-state index contributed by atoms with van der Waals surface area (Å²) >= 11 is 0. The standard InChI is InChI=1S/C13H24N2O6S/c1-13(2,3)21-12(18)14-10(11(16)17)9-5-7-15(8-6-9)22(4,19)20/h9-10H,5-8H2,1-4H3,(H,14,18)(H,16,17)/t10-/m1/s1. The first kappa shape index (κ1) is 18.7. The average Bonchev–Trinajstić information content (AvgIpc) is 2.32. The molecule has 128 valence electrons. The number of nitrogens with one attached hydrogen (secondary N) is 1. The van der Waals surface area contributed by atoms with Gasteiger partial charge in [0.2, 0.25) is 10.0 Å². The summed E-state index contributed by atoms with van der Waals surface area (Å²) in [5.41, 5.74) is -0.715. The number of aliphatic carboxylic acids is 1. The molecule has 0 aromatic carbocycles. The van der Waals surface area contributed by atoms with Gasteiger partial charge in [0.15, 0.2) is 0 Å². The highest BCUT2D eigenvalue weighted by Crippen LogP contribution is 2.23. The molecule has 0 aromatic heterocycles. The maximum atomic E-state index is 11.7. The molecule has 22 heavy (non-hydrogen) atoms. The number of alkyl carbamates (subject to hydrolysis) is 1. The summed E-state index contributed by atoms with van der Waals surface area (Å²) in [6.45, 7) is 5.57. The van der Waals surface area contributed by atoms with Gasteiger partial charge < -0.3 is 15.2 Å². The van der Waals surface area contributed by atoms with E-state index >= 15 is 0 Å². The molecule has 9 heteroatoms. The van der Waals surface area contributed by atoms with Gasteiger partial charge in [-0.3, -0.25) is 0 Å². The summed E-state index contributed by atoms with van der Waals surface area (Å²) in [5, 5.41) is 11.7. The quantitative estimate of drug-likeness (QED) is 0.779. The van der Waals surface area contributed by atoms with E-state index < -0.39 is 33.7 Å². The fraction of sp³-hybridized carbons (Fsp3) is 0.846. The van der Waals surface area contributed by atoms with Crippen LogP contribution in [0.15, 0.2) is 0 Å². The third-order valence-electron chi connectivity index (χ3n) is 3.38. The van der Waals surface area contributed by atoms with Crippen LogP contribution in [-0.2, 0) is 19.6 Å². The third kappa shape index (κ3) is 5.80. The highest BCUT2D eigenvalue weighted by atomic mass is 32.2. The van der Waals surface area contributed by atoms with Gasteiger partial charge in [-0.2, -0.15) is 0 Å². The Morgan fingerprint density at radius 3 is 2.14 bits per heavy atom. The Labute approximate surface area is 130 Å². The Kier molecular flexibility index (Phi) is 5.80. The van der Waals surface area contributed by atoms with Gasteiger partial charge in [-0.15, -0.1) is 0 Å². The van der Waals surface area contributed by atoms with Crippen LogP contribution in [0.25, 0.3) is 0 Å². The Bertz CT molecular complexity index is 517. The van der Waals surface area contributed by atoms with Crippen molar-refractivity contribution >= 4 is 22.1 Å². The molecular formula is C13H24N2O6S. The molecule has 1 heterocycles. The molecule has 0 bridgehead atoms. The number of ether oxygens (including phenoxy) is 1. The molecule has 0 unspecified atom stereocenters. The van der Waals surface area contributed by atoms with Crippen molar-refractivity contribution in [2.75, 3.05) is 19.3 Å². The first-order chi connectivity index (χ1) is 9.90. The number of carbonyl (C=O) groups excluding carboxylic acids is 1. The lowest BCUT2D eigenvalue weighted by Crippen LogP contribution is -2.51. The van der Waals surface area contributed by atoms with Crippen LogP contribution in [0.3, 0.4) is 0 Å². The Balaban J connectivity index is 2.66. The molecule has 0 aromatic rings. The normalized spacial score (nSPS) is 19.5. The lowest BCUT2D eigenvalue weighted by molar-refractivity contribution is -0.141. The fourth-order valence-electron chi connectivity index (χ4n) is 2.36. The number of carboxylic acids is 1. The number of sulfonamides is 1. The van der Waals surface area contributed by atoms with Crippen molar-refractivity contribution in [2.24, 2.45) is 5.92 Å². The molecule has 1 aliphatic rings. The molecule has 1 aliphatic heterocycles. The van der Waals surface area contributed by atoms with E-state index in [0.717, 1.165) is 6.26 Å². The Hall–Kier alpha value is -1.35. The lowest BCUT2D eigenvalue weighted by atomic mass is 9.90. The van der Waals surface area contributed by atoms with E-state index in [-0.39, 0.29) is 19.0 Å². The first-order valence-corrected chi connectivity index (χ1v) is 8.92. The highest BCUT2D eigenvalue weighted by Gasteiger charge is 2.35. The largest absolute Gasteiger partial charge is 0.480 e. The second-order valence-corrected chi connectivity index (χ2v) is 8.44. The van der Waals surface area contributed by atoms with E-state index in [1.807, 2.05) is 0 Å². The number of rotatable bonds is 4. The third-order valence-corrected chi connectivity index (χ3v) is 4.68. The highest BCUT2D eigenvalue weighted by molar-refractivity contribution is 7.88. The molecule has 0 saturated carbocycles. The van der Waals surface area contributed by atoms with Gasteiger partial charge in [0, 0.05) is 13.1 Å². The van der Waals surface area contributed by atoms with E-state index in [1.165, 1.54) is 4.31 Å². The monoisotopic (exact) mass is 336 g/mol. The van der Waals surface area contributed by atoms with Crippen molar-refractivity contribution < 1.29 is 27.9 Å². The van der Waals surface area contributed by atoms with Gasteiger partial charge >= 0.3 is 12.1 Å². The van der Waals surface area contributed by atoms with E-state index in [4.69, 9.17) is 4.74 Å². The molecule has 2 N–H and O–H groups in total. The minimum absolute atomic E-state index is 0.253. The number of carboxylic acid groups (broad SMARTS) is 1. The van der Waals surface area contributed by atoms with Gasteiger partial charge in [-0.25, -0.2) is 22.3 Å². The molecule has 1 fully saturated rings. The Morgan fingerprint density at radius 1 is 1.27 bits per heavy atom. The van der Waals surface area contributed by atoms with Crippen LogP contribution < -0.4 is 5.32 Å². The van der Waals surface area contributed by atoms with Crippen molar-refractivity contribution in [3.8, 4) is 0 Å². The second-order valence-electron chi connectivity index (χ2n) is 6.46. The van der Waals surface area contributed by atoms with Gasteiger partial charge in [-0.05, 0) is 39.5 Å². The second kappa shape index (κ2) is 6.82. The smallest absolute Gasteiger partial charge is 0.408 e. The van der Waals surface area contributed by atoms with Gasteiger partial charge in [-0.1, -0.05) is 0 Å². The van der Waals surface area contributed by atoms with E-state index in [1.54, 1.807) is 20.8 Å². The van der Waals surface area contributed by atoms with Crippen LogP contribution in [0.2, 0.25) is 0 Å². The van der Waals surface area contributed by atoms with Crippen molar-refractivity contribution in [3.05, 3.63) is 0 Å². The fourth-order valence-corrected chi connectivity index (χ4v) is 3.23. The SMILES string of the molecule is CC(C)(C)OC(=O)N[C@@H](C(=O)O)C1CCN(S(C)(=O)=O)CC1. The van der Waals surface area contributed by atoms with Crippen molar-refractivity contribution in [2.45, 2.75) is 45.3 Å². The predicted molar refractivity (Wildman–Crippen MR) is 79.9 cm³/mol. The number of carbonyl (C=O) groups is 2. The van der Waals surface area contributed by atoms with Crippen LogP contribution >= 0.6 is 0 Å². The summed E-state index contributed by atoms with van der Waals surface area (Å²) in [7, 11) is -3.27. The topological polar surface area (TPSA) is 113 Å². The summed E-state index contributed by atoms with van der Waals surface area (Å²) in [6, 6.07) is -1.09. The Morgan fingerprint density at radius 2 is 1.77 bits per heavy atom. The minimum Gasteiger partial charge on any atom is -0.480 e. The molecule has 1 atom stereocenters. The zero-order valence-corrected chi connectivity index (χ0v) is 14.1. The van der Waals surface area contributed by atoms with Crippen LogP contribution in [-0.4, -0.2) is 60.9 Å². The average molecular weight is 336 g/mol. The molecule has 0 spiro atoms. The van der Waals surface area contributed by atoms with Crippen LogP contribution in [0.5, 0.6) is 0 Å². The maximum Gasteiger partial charge on any atom is 0.408 e. The number of nitrogens with zero attached hydrogens (tertiary/aromatic N) is 1. The van der Waals surface area contributed by atoms with E-state index in [2.05, 4.69) is 5.32 Å². The molecule has 0 radical (unpaired) electrons. The van der Waals surface area contributed by atoms with Crippen LogP contribution in [0.1, 0.15) is 33.6 Å². The molecular weight excluding hydrogens is 312 g/mol. The summed E-state index contributed by atoms with van der Waals surface area (Å²) < 4.78 is 29.3. The zero-order chi connectivity index (χ0) is 17.1. The number of hydrogen-bond acceptors (Lipinski definition) is 5. The summed E-state index contributed by atoms with van der Waals surface area (Å²) in [6.07, 6.45) is 1.09. The maximum absolute atomic E-state index is 11.7. The molecule has 1 saturated heterocycles. The summed E-state index contributed by atoms with van der Waals surface area (Å²) in [5.74, 6) is -1.48. The number of piperidine rings is 1. The number of amides is 1. The lowest BCUT2D eigenvalue weighted by Gasteiger charge is -2.33.